The van der Waals surface area contributed by atoms with Crippen LogP contribution in [0, 0.1) is 5.92 Å². The molecule has 0 spiro atoms. The molecule has 20 heavy (non-hydrogen) atoms. The van der Waals surface area contributed by atoms with Gasteiger partial charge in [-0.05, 0) is 31.9 Å². The molecule has 0 aliphatic carbocycles. The summed E-state index contributed by atoms with van der Waals surface area (Å²) in [6.45, 7) is 6.45. The van der Waals surface area contributed by atoms with Crippen molar-refractivity contribution in [3.63, 3.8) is 0 Å². The van der Waals surface area contributed by atoms with E-state index in [1.165, 1.54) is 0 Å². The fraction of sp³-hybridized carbons (Fsp3) is 0.600. The first-order valence-electron chi connectivity index (χ1n) is 6.98. The Morgan fingerprint density at radius 1 is 1.25 bits per heavy atom. The smallest absolute Gasteiger partial charge is 0.162 e. The molecular formula is C15H20Cl2O3. The highest BCUT2D eigenvalue weighted by molar-refractivity contribution is 6.33. The molecule has 0 bridgehead atoms. The number of ether oxygens (including phenoxy) is 3. The van der Waals surface area contributed by atoms with Crippen molar-refractivity contribution in [3.05, 3.63) is 22.7 Å². The maximum absolute atomic E-state index is 6.56. The van der Waals surface area contributed by atoms with E-state index in [9.17, 15) is 0 Å². The van der Waals surface area contributed by atoms with Crippen LogP contribution in [0.5, 0.6) is 11.5 Å². The van der Waals surface area contributed by atoms with Gasteiger partial charge in [0, 0.05) is 23.6 Å². The van der Waals surface area contributed by atoms with Gasteiger partial charge in [-0.25, -0.2) is 0 Å². The largest absolute Gasteiger partial charge is 0.490 e. The fourth-order valence-electron chi connectivity index (χ4n) is 2.34. The van der Waals surface area contributed by atoms with E-state index in [2.05, 4.69) is 0 Å². The predicted molar refractivity (Wildman–Crippen MR) is 81.3 cm³/mol. The number of halogens is 2. The predicted octanol–water partition coefficient (Wildman–Crippen LogP) is 4.45. The van der Waals surface area contributed by atoms with E-state index in [1.54, 1.807) is 6.07 Å². The molecule has 0 amide bonds. The third-order valence-corrected chi connectivity index (χ3v) is 4.26. The Kier molecular flexibility index (Phi) is 5.82. The van der Waals surface area contributed by atoms with Gasteiger partial charge in [0.2, 0.25) is 0 Å². The van der Waals surface area contributed by atoms with Gasteiger partial charge in [-0.1, -0.05) is 11.6 Å². The maximum atomic E-state index is 6.56. The highest BCUT2D eigenvalue weighted by atomic mass is 35.5. The summed E-state index contributed by atoms with van der Waals surface area (Å²) in [6, 6.07) is 3.68. The average Bonchev–Trinajstić information content (AvgIpc) is 2.95. The second-order valence-electron chi connectivity index (χ2n) is 4.71. The molecule has 2 rings (SSSR count). The van der Waals surface area contributed by atoms with E-state index in [-0.39, 0.29) is 5.38 Å². The molecule has 3 nitrogen and oxygen atoms in total. The first kappa shape index (κ1) is 15.7. The van der Waals surface area contributed by atoms with Crippen molar-refractivity contribution in [2.45, 2.75) is 25.6 Å². The van der Waals surface area contributed by atoms with E-state index in [1.807, 2.05) is 19.9 Å². The van der Waals surface area contributed by atoms with Crippen molar-refractivity contribution in [2.24, 2.45) is 5.92 Å². The lowest BCUT2D eigenvalue weighted by molar-refractivity contribution is 0.185. The molecule has 0 saturated carbocycles. The zero-order valence-corrected chi connectivity index (χ0v) is 13.3. The summed E-state index contributed by atoms with van der Waals surface area (Å²) in [4.78, 5) is 0. The van der Waals surface area contributed by atoms with Gasteiger partial charge < -0.3 is 14.2 Å². The van der Waals surface area contributed by atoms with Crippen molar-refractivity contribution < 1.29 is 14.2 Å². The Labute approximate surface area is 130 Å². The molecule has 1 heterocycles. The van der Waals surface area contributed by atoms with Crippen LogP contribution in [0.4, 0.5) is 0 Å². The zero-order chi connectivity index (χ0) is 14.5. The van der Waals surface area contributed by atoms with Crippen LogP contribution < -0.4 is 9.47 Å². The second kappa shape index (κ2) is 7.39. The number of alkyl halides is 1. The van der Waals surface area contributed by atoms with Crippen molar-refractivity contribution in [2.75, 3.05) is 26.4 Å². The van der Waals surface area contributed by atoms with E-state index in [0.717, 1.165) is 18.6 Å². The minimum atomic E-state index is -0.167. The molecule has 2 unspecified atom stereocenters. The Morgan fingerprint density at radius 3 is 2.45 bits per heavy atom. The Hall–Kier alpha value is -0.640. The lowest BCUT2D eigenvalue weighted by Crippen LogP contribution is -2.09. The molecule has 1 aromatic carbocycles. The SMILES string of the molecule is CCOc1cc(Cl)c(C(Cl)C2CCOC2)cc1OCC. The van der Waals surface area contributed by atoms with E-state index >= 15 is 0 Å². The molecule has 1 aliphatic heterocycles. The van der Waals surface area contributed by atoms with E-state index in [0.29, 0.717) is 42.3 Å². The van der Waals surface area contributed by atoms with Crippen LogP contribution in [-0.4, -0.2) is 26.4 Å². The molecule has 0 radical (unpaired) electrons. The van der Waals surface area contributed by atoms with Gasteiger partial charge in [0.05, 0.1) is 25.2 Å². The summed E-state index contributed by atoms with van der Waals surface area (Å²) in [6.07, 6.45) is 0.960. The molecule has 1 saturated heterocycles. The molecule has 0 N–H and O–H groups in total. The van der Waals surface area contributed by atoms with Crippen LogP contribution >= 0.6 is 23.2 Å². The highest BCUT2D eigenvalue weighted by Crippen LogP contribution is 2.42. The molecule has 112 valence electrons. The number of rotatable bonds is 6. The molecule has 5 heteroatoms. The first-order chi connectivity index (χ1) is 9.67. The summed E-state index contributed by atoms with van der Waals surface area (Å²) in [5, 5.41) is 0.448. The number of benzene rings is 1. The van der Waals surface area contributed by atoms with Gasteiger partial charge in [-0.3, -0.25) is 0 Å². The lowest BCUT2D eigenvalue weighted by Gasteiger charge is -2.20. The third-order valence-electron chi connectivity index (χ3n) is 3.34. The maximum Gasteiger partial charge on any atom is 0.162 e. The minimum absolute atomic E-state index is 0.167. The monoisotopic (exact) mass is 318 g/mol. The molecule has 1 fully saturated rings. The Bertz CT molecular complexity index is 445. The first-order valence-corrected chi connectivity index (χ1v) is 7.79. The van der Waals surface area contributed by atoms with Crippen molar-refractivity contribution in [1.29, 1.82) is 0 Å². The van der Waals surface area contributed by atoms with Gasteiger partial charge >= 0.3 is 0 Å². The van der Waals surface area contributed by atoms with Crippen LogP contribution in [0.3, 0.4) is 0 Å². The lowest BCUT2D eigenvalue weighted by atomic mass is 9.97. The summed E-state index contributed by atoms with van der Waals surface area (Å²) in [5.74, 6) is 1.65. The van der Waals surface area contributed by atoms with Gasteiger partial charge in [-0.15, -0.1) is 11.6 Å². The van der Waals surface area contributed by atoms with E-state index < -0.39 is 0 Å². The quantitative estimate of drug-likeness (QED) is 0.725. The number of hydrogen-bond donors (Lipinski definition) is 0. The summed E-state index contributed by atoms with van der Waals surface area (Å²) < 4.78 is 16.6. The minimum Gasteiger partial charge on any atom is -0.490 e. The summed E-state index contributed by atoms with van der Waals surface area (Å²) >= 11 is 12.9. The average molecular weight is 319 g/mol. The Balaban J connectivity index is 2.29. The van der Waals surface area contributed by atoms with Gasteiger partial charge in [0.25, 0.3) is 0 Å². The molecule has 2 atom stereocenters. The van der Waals surface area contributed by atoms with E-state index in [4.69, 9.17) is 37.4 Å². The summed E-state index contributed by atoms with van der Waals surface area (Å²) in [5.41, 5.74) is 0.885. The van der Waals surface area contributed by atoms with Crippen LogP contribution in [0.25, 0.3) is 0 Å². The van der Waals surface area contributed by atoms with Gasteiger partial charge in [0.1, 0.15) is 0 Å². The van der Waals surface area contributed by atoms with Crippen LogP contribution in [0.1, 0.15) is 31.2 Å². The highest BCUT2D eigenvalue weighted by Gasteiger charge is 2.28. The second-order valence-corrected chi connectivity index (χ2v) is 5.59. The van der Waals surface area contributed by atoms with Crippen LogP contribution in [0.15, 0.2) is 12.1 Å². The Morgan fingerprint density at radius 2 is 1.90 bits per heavy atom. The van der Waals surface area contributed by atoms with Gasteiger partial charge in [0.15, 0.2) is 11.5 Å². The van der Waals surface area contributed by atoms with Crippen LogP contribution in [-0.2, 0) is 4.74 Å². The molecule has 1 aromatic rings. The molecule has 0 aromatic heterocycles. The molecular weight excluding hydrogens is 299 g/mol. The standard InChI is InChI=1S/C15H20Cl2O3/c1-3-19-13-7-11(12(16)8-14(13)20-4-2)15(17)10-5-6-18-9-10/h7-8,10,15H,3-6,9H2,1-2H3. The zero-order valence-electron chi connectivity index (χ0n) is 11.8. The normalized spacial score (nSPS) is 19.9. The number of hydrogen-bond acceptors (Lipinski definition) is 3. The summed E-state index contributed by atoms with van der Waals surface area (Å²) in [7, 11) is 0. The van der Waals surface area contributed by atoms with Crippen molar-refractivity contribution in [3.8, 4) is 11.5 Å². The van der Waals surface area contributed by atoms with Crippen molar-refractivity contribution in [1.82, 2.24) is 0 Å². The van der Waals surface area contributed by atoms with Crippen molar-refractivity contribution >= 4 is 23.2 Å². The third kappa shape index (κ3) is 3.51. The fourth-order valence-corrected chi connectivity index (χ4v) is 3.04. The van der Waals surface area contributed by atoms with Crippen LogP contribution in [0.2, 0.25) is 5.02 Å². The van der Waals surface area contributed by atoms with Gasteiger partial charge in [-0.2, -0.15) is 0 Å². The molecule has 1 aliphatic rings. The topological polar surface area (TPSA) is 27.7 Å².